The number of aryl methyl sites for hydroxylation is 1. The van der Waals surface area contributed by atoms with Crippen LogP contribution in [-0.2, 0) is 20.7 Å². The van der Waals surface area contributed by atoms with E-state index in [1.807, 2.05) is 30.3 Å². The van der Waals surface area contributed by atoms with Crippen molar-refractivity contribution in [3.8, 4) is 11.3 Å². The molecule has 1 unspecified atom stereocenters. The summed E-state index contributed by atoms with van der Waals surface area (Å²) in [5, 5.41) is 11.4. The van der Waals surface area contributed by atoms with Gasteiger partial charge in [0.25, 0.3) is 0 Å². The number of methoxy groups -OCH3 is 1. The van der Waals surface area contributed by atoms with Gasteiger partial charge in [-0.05, 0) is 6.42 Å². The van der Waals surface area contributed by atoms with Crippen LogP contribution in [-0.4, -0.2) is 41.7 Å². The smallest absolute Gasteiger partial charge is 0.328 e. The maximum Gasteiger partial charge on any atom is 0.328 e. The minimum Gasteiger partial charge on any atom is -0.480 e. The second-order valence-electron chi connectivity index (χ2n) is 5.25. The molecule has 2 N–H and O–H groups in total. The van der Waals surface area contributed by atoms with E-state index >= 15 is 0 Å². The Hall–Kier alpha value is -2.67. The van der Waals surface area contributed by atoms with Crippen molar-refractivity contribution in [1.82, 2.24) is 10.3 Å². The zero-order valence-electron chi connectivity index (χ0n) is 13.4. The Kier molecular flexibility index (Phi) is 6.51. The number of rotatable bonds is 9. The number of nitrogens with zero attached hydrogens (tertiary/aromatic N) is 1. The maximum atomic E-state index is 11.8. The van der Waals surface area contributed by atoms with Crippen LogP contribution < -0.4 is 5.32 Å². The number of oxazole rings is 1. The van der Waals surface area contributed by atoms with Crippen LogP contribution in [0.1, 0.15) is 18.7 Å². The highest BCUT2D eigenvalue weighted by molar-refractivity contribution is 5.83. The molecular weight excluding hydrogens is 312 g/mol. The largest absolute Gasteiger partial charge is 0.480 e. The molecule has 1 heterocycles. The summed E-state index contributed by atoms with van der Waals surface area (Å²) in [6, 6.07) is 8.59. The topological polar surface area (TPSA) is 102 Å². The summed E-state index contributed by atoms with van der Waals surface area (Å²) in [4.78, 5) is 26.9. The number of carbonyl (C=O) groups is 2. The summed E-state index contributed by atoms with van der Waals surface area (Å²) in [6.07, 6.45) is 2.86. The average Bonchev–Trinajstić information content (AvgIpc) is 3.04. The van der Waals surface area contributed by atoms with Gasteiger partial charge in [0.15, 0.2) is 17.7 Å². The zero-order chi connectivity index (χ0) is 17.4. The Bertz CT molecular complexity index is 669. The van der Waals surface area contributed by atoms with Crippen LogP contribution in [0, 0.1) is 0 Å². The second-order valence-corrected chi connectivity index (χ2v) is 5.25. The summed E-state index contributed by atoms with van der Waals surface area (Å²) in [6.45, 7) is -0.0682. The van der Waals surface area contributed by atoms with Crippen LogP contribution in [0.3, 0.4) is 0 Å². The molecular formula is C17H20N2O5. The fourth-order valence-electron chi connectivity index (χ4n) is 2.17. The van der Waals surface area contributed by atoms with Gasteiger partial charge in [-0.3, -0.25) is 4.79 Å². The van der Waals surface area contributed by atoms with Gasteiger partial charge in [0, 0.05) is 25.5 Å². The highest BCUT2D eigenvalue weighted by Crippen LogP contribution is 2.20. The van der Waals surface area contributed by atoms with Crippen LogP contribution in [0.5, 0.6) is 0 Å². The standard InChI is InChI=1S/C17H20N2O5/c1-23-11-13(17(21)22)19-15(20)8-5-9-16-18-10-14(24-16)12-6-3-2-4-7-12/h2-4,6-7,10,13H,5,8-9,11H2,1H3,(H,19,20)(H,21,22). The van der Waals surface area contributed by atoms with E-state index in [-0.39, 0.29) is 18.9 Å². The highest BCUT2D eigenvalue weighted by Gasteiger charge is 2.19. The van der Waals surface area contributed by atoms with Gasteiger partial charge in [-0.15, -0.1) is 0 Å². The summed E-state index contributed by atoms with van der Waals surface area (Å²) >= 11 is 0. The van der Waals surface area contributed by atoms with Crippen molar-refractivity contribution in [3.05, 3.63) is 42.4 Å². The molecule has 2 aromatic rings. The van der Waals surface area contributed by atoms with Gasteiger partial charge in [-0.25, -0.2) is 9.78 Å². The number of benzene rings is 1. The molecule has 7 heteroatoms. The first kappa shape index (κ1) is 17.7. The Morgan fingerprint density at radius 2 is 2.08 bits per heavy atom. The molecule has 0 aliphatic rings. The van der Waals surface area contributed by atoms with Gasteiger partial charge in [-0.1, -0.05) is 30.3 Å². The van der Waals surface area contributed by atoms with E-state index in [9.17, 15) is 9.59 Å². The number of amides is 1. The van der Waals surface area contributed by atoms with Crippen molar-refractivity contribution in [2.75, 3.05) is 13.7 Å². The van der Waals surface area contributed by atoms with E-state index in [2.05, 4.69) is 10.3 Å². The first-order valence-corrected chi connectivity index (χ1v) is 7.61. The minimum absolute atomic E-state index is 0.0682. The van der Waals surface area contributed by atoms with Gasteiger partial charge in [0.2, 0.25) is 5.91 Å². The van der Waals surface area contributed by atoms with Crippen molar-refractivity contribution < 1.29 is 23.8 Å². The third-order valence-corrected chi connectivity index (χ3v) is 3.37. The van der Waals surface area contributed by atoms with Gasteiger partial charge < -0.3 is 19.6 Å². The maximum absolute atomic E-state index is 11.8. The number of hydrogen-bond donors (Lipinski definition) is 2. The molecule has 0 fully saturated rings. The molecule has 128 valence electrons. The van der Waals surface area contributed by atoms with Crippen LogP contribution in [0.2, 0.25) is 0 Å². The van der Waals surface area contributed by atoms with Gasteiger partial charge in [-0.2, -0.15) is 0 Å². The summed E-state index contributed by atoms with van der Waals surface area (Å²) in [5.41, 5.74) is 0.942. The van der Waals surface area contributed by atoms with E-state index in [1.165, 1.54) is 7.11 Å². The second kappa shape index (κ2) is 8.83. The number of nitrogens with one attached hydrogen (secondary N) is 1. The molecule has 1 aromatic carbocycles. The monoisotopic (exact) mass is 332 g/mol. The lowest BCUT2D eigenvalue weighted by Crippen LogP contribution is -2.43. The predicted octanol–water partition coefficient (Wildman–Crippen LogP) is 1.88. The summed E-state index contributed by atoms with van der Waals surface area (Å²) in [5.74, 6) is -0.228. The highest BCUT2D eigenvalue weighted by atomic mass is 16.5. The Balaban J connectivity index is 1.79. The SMILES string of the molecule is COCC(NC(=O)CCCc1ncc(-c2ccccc2)o1)C(=O)O. The molecule has 0 saturated carbocycles. The minimum atomic E-state index is -1.12. The van der Waals surface area contributed by atoms with Gasteiger partial charge >= 0.3 is 5.97 Å². The normalized spacial score (nSPS) is 11.9. The molecule has 0 spiro atoms. The lowest BCUT2D eigenvalue weighted by Gasteiger charge is -2.13. The van der Waals surface area contributed by atoms with Crippen molar-refractivity contribution >= 4 is 11.9 Å². The lowest BCUT2D eigenvalue weighted by molar-refractivity contribution is -0.143. The molecule has 0 saturated heterocycles. The summed E-state index contributed by atoms with van der Waals surface area (Å²) in [7, 11) is 1.38. The number of ether oxygens (including phenoxy) is 1. The van der Waals surface area contributed by atoms with Crippen LogP contribution >= 0.6 is 0 Å². The molecule has 1 aromatic heterocycles. The first-order valence-electron chi connectivity index (χ1n) is 7.61. The molecule has 2 rings (SSSR count). The number of aliphatic carboxylic acids is 1. The van der Waals surface area contributed by atoms with Crippen molar-refractivity contribution in [2.24, 2.45) is 0 Å². The Morgan fingerprint density at radius 1 is 1.33 bits per heavy atom. The predicted molar refractivity (Wildman–Crippen MR) is 86.3 cm³/mol. The molecule has 0 aliphatic heterocycles. The Morgan fingerprint density at radius 3 is 2.75 bits per heavy atom. The van der Waals surface area contributed by atoms with Crippen molar-refractivity contribution in [2.45, 2.75) is 25.3 Å². The van der Waals surface area contributed by atoms with Crippen molar-refractivity contribution in [3.63, 3.8) is 0 Å². The number of hydrogen-bond acceptors (Lipinski definition) is 5. The zero-order valence-corrected chi connectivity index (χ0v) is 13.4. The molecule has 7 nitrogen and oxygen atoms in total. The first-order chi connectivity index (χ1) is 11.6. The lowest BCUT2D eigenvalue weighted by atomic mass is 10.2. The number of carbonyl (C=O) groups excluding carboxylic acids is 1. The average molecular weight is 332 g/mol. The fraction of sp³-hybridized carbons (Fsp3) is 0.353. The van der Waals surface area contributed by atoms with Crippen LogP contribution in [0.25, 0.3) is 11.3 Å². The van der Waals surface area contributed by atoms with E-state index in [0.29, 0.717) is 24.5 Å². The molecule has 0 bridgehead atoms. The molecule has 24 heavy (non-hydrogen) atoms. The third kappa shape index (κ3) is 5.20. The van der Waals surface area contributed by atoms with Crippen LogP contribution in [0.15, 0.2) is 40.9 Å². The van der Waals surface area contributed by atoms with Crippen molar-refractivity contribution in [1.29, 1.82) is 0 Å². The fourth-order valence-corrected chi connectivity index (χ4v) is 2.17. The number of aromatic nitrogens is 1. The van der Waals surface area contributed by atoms with Crippen LogP contribution in [0.4, 0.5) is 0 Å². The molecule has 0 aliphatic carbocycles. The molecule has 0 radical (unpaired) electrons. The number of carboxylic acids is 1. The van der Waals surface area contributed by atoms with E-state index in [1.54, 1.807) is 6.20 Å². The van der Waals surface area contributed by atoms with Gasteiger partial charge in [0.05, 0.1) is 12.8 Å². The number of carboxylic acid groups (broad SMARTS) is 1. The quantitative estimate of drug-likeness (QED) is 0.727. The Labute approximate surface area is 139 Å². The molecule has 1 atom stereocenters. The van der Waals surface area contributed by atoms with E-state index in [4.69, 9.17) is 14.3 Å². The summed E-state index contributed by atoms with van der Waals surface area (Å²) < 4.78 is 10.4. The van der Waals surface area contributed by atoms with E-state index in [0.717, 1.165) is 5.56 Å². The third-order valence-electron chi connectivity index (χ3n) is 3.37. The van der Waals surface area contributed by atoms with E-state index < -0.39 is 12.0 Å². The van der Waals surface area contributed by atoms with Gasteiger partial charge in [0.1, 0.15) is 0 Å². The molecule has 1 amide bonds.